The Hall–Kier alpha value is -3.73. The van der Waals surface area contributed by atoms with Crippen molar-refractivity contribution < 1.29 is 32.3 Å². The smallest absolute Gasteiger partial charge is 0.337 e. The zero-order chi connectivity index (χ0) is 22.6. The molecule has 2 aromatic rings. The second-order valence-electron chi connectivity index (χ2n) is 6.48. The van der Waals surface area contributed by atoms with Crippen LogP contribution in [-0.4, -0.2) is 51.9 Å². The summed E-state index contributed by atoms with van der Waals surface area (Å²) < 4.78 is 36.1. The van der Waals surface area contributed by atoms with Gasteiger partial charge in [0.05, 0.1) is 17.6 Å². The fourth-order valence-electron chi connectivity index (χ4n) is 2.77. The molecule has 0 saturated heterocycles. The van der Waals surface area contributed by atoms with Crippen molar-refractivity contribution in [3.05, 3.63) is 59.7 Å². The highest BCUT2D eigenvalue weighted by Gasteiger charge is 2.31. The summed E-state index contributed by atoms with van der Waals surface area (Å²) in [5.74, 6) is -1.96. The summed E-state index contributed by atoms with van der Waals surface area (Å²) >= 11 is 0. The second kappa shape index (κ2) is 8.96. The molecule has 0 aromatic heterocycles. The molecule has 10 nitrogen and oxygen atoms in total. The number of carbonyl (C=O) groups is 3. The molecule has 0 saturated carbocycles. The van der Waals surface area contributed by atoms with Crippen molar-refractivity contribution in [3.8, 4) is 0 Å². The number of nitrogens with one attached hydrogen (secondary N) is 2. The van der Waals surface area contributed by atoms with Crippen LogP contribution in [0.1, 0.15) is 22.8 Å². The van der Waals surface area contributed by atoms with E-state index in [-0.39, 0.29) is 16.3 Å². The molecule has 0 spiro atoms. The molecule has 1 aliphatic heterocycles. The Morgan fingerprint density at radius 1 is 1.13 bits per heavy atom. The molecule has 11 heteroatoms. The molecular weight excluding hydrogens is 426 g/mol. The highest BCUT2D eigenvalue weighted by Crippen LogP contribution is 2.22. The Morgan fingerprint density at radius 2 is 1.87 bits per heavy atom. The minimum atomic E-state index is -3.73. The number of aliphatic imine (C=N–C) groups is 1. The molecule has 0 bridgehead atoms. The lowest BCUT2D eigenvalue weighted by Gasteiger charge is -2.10. The number of methoxy groups -OCH3 is 1. The molecule has 0 aliphatic carbocycles. The number of rotatable bonds is 6. The molecule has 162 valence electrons. The van der Waals surface area contributed by atoms with Gasteiger partial charge in [0.25, 0.3) is 15.9 Å². The maximum absolute atomic E-state index is 12.2. The molecule has 0 radical (unpaired) electrons. The molecule has 0 fully saturated rings. The normalized spacial score (nSPS) is 16.0. The van der Waals surface area contributed by atoms with E-state index < -0.39 is 40.5 Å². The van der Waals surface area contributed by atoms with Crippen LogP contribution in [0.5, 0.6) is 0 Å². The number of carbonyl (C=O) groups excluding carboxylic acids is 3. The van der Waals surface area contributed by atoms with Crippen molar-refractivity contribution in [3.63, 3.8) is 0 Å². The quantitative estimate of drug-likeness (QED) is 0.634. The van der Waals surface area contributed by atoms with Crippen LogP contribution >= 0.6 is 0 Å². The summed E-state index contributed by atoms with van der Waals surface area (Å²) in [5.41, 5.74) is 0.931. The van der Waals surface area contributed by atoms with E-state index in [9.17, 15) is 22.8 Å². The van der Waals surface area contributed by atoms with Crippen LogP contribution in [-0.2, 0) is 29.1 Å². The highest BCUT2D eigenvalue weighted by atomic mass is 32.2. The van der Waals surface area contributed by atoms with Crippen LogP contribution in [0.2, 0.25) is 0 Å². The number of hydrogen-bond donors (Lipinski definition) is 2. The summed E-state index contributed by atoms with van der Waals surface area (Å²) in [6.07, 6.45) is 0. The van der Waals surface area contributed by atoms with Crippen LogP contribution in [0.4, 0.5) is 5.69 Å². The molecule has 2 aromatic carbocycles. The third kappa shape index (κ3) is 5.07. The van der Waals surface area contributed by atoms with Gasteiger partial charge in [0.1, 0.15) is 11.9 Å². The summed E-state index contributed by atoms with van der Waals surface area (Å²) in [4.78, 5) is 39.9. The number of hydrogen-bond acceptors (Lipinski definition) is 8. The Morgan fingerprint density at radius 3 is 2.61 bits per heavy atom. The van der Waals surface area contributed by atoms with Crippen molar-refractivity contribution in [2.24, 2.45) is 4.99 Å². The van der Waals surface area contributed by atoms with Gasteiger partial charge < -0.3 is 14.8 Å². The molecule has 1 aliphatic rings. The van der Waals surface area contributed by atoms with E-state index in [0.717, 1.165) is 0 Å². The molecule has 3 rings (SSSR count). The third-order valence-corrected chi connectivity index (χ3v) is 5.64. The second-order valence-corrected chi connectivity index (χ2v) is 8.13. The lowest BCUT2D eigenvalue weighted by Crippen LogP contribution is -2.28. The Labute approximate surface area is 178 Å². The summed E-state index contributed by atoms with van der Waals surface area (Å²) in [7, 11) is -2.49. The van der Waals surface area contributed by atoms with Crippen LogP contribution in [0, 0.1) is 0 Å². The fraction of sp³-hybridized carbons (Fsp3) is 0.200. The highest BCUT2D eigenvalue weighted by molar-refractivity contribution is 7.90. The SMILES string of the molecule is COC(=O)c1cccc(NC(=O)COC(=O)[C@H](C)N=C2NS(=O)(=O)c3ccccc32)c1. The number of sulfonamides is 1. The van der Waals surface area contributed by atoms with Gasteiger partial charge in [0.15, 0.2) is 6.61 Å². The van der Waals surface area contributed by atoms with Gasteiger partial charge in [-0.25, -0.2) is 18.0 Å². The van der Waals surface area contributed by atoms with Gasteiger partial charge in [0, 0.05) is 11.3 Å². The Bertz CT molecular complexity index is 1170. The number of fused-ring (bicyclic) bond motifs is 1. The monoisotopic (exact) mass is 445 g/mol. The molecule has 31 heavy (non-hydrogen) atoms. The predicted molar refractivity (Wildman–Crippen MR) is 110 cm³/mol. The summed E-state index contributed by atoms with van der Waals surface area (Å²) in [6.45, 7) is 0.834. The van der Waals surface area contributed by atoms with E-state index in [4.69, 9.17) is 4.74 Å². The zero-order valence-electron chi connectivity index (χ0n) is 16.6. The van der Waals surface area contributed by atoms with Crippen molar-refractivity contribution in [2.45, 2.75) is 17.9 Å². The number of amidine groups is 1. The summed E-state index contributed by atoms with van der Waals surface area (Å²) in [5, 5.41) is 2.50. The first-order chi connectivity index (χ1) is 14.7. The number of anilines is 1. The number of esters is 2. The predicted octanol–water partition coefficient (Wildman–Crippen LogP) is 1.08. The Kier molecular flexibility index (Phi) is 6.35. The molecule has 1 heterocycles. The zero-order valence-corrected chi connectivity index (χ0v) is 17.4. The Balaban J connectivity index is 1.59. The van der Waals surface area contributed by atoms with Gasteiger partial charge in [-0.15, -0.1) is 0 Å². The third-order valence-electron chi connectivity index (χ3n) is 4.24. The van der Waals surface area contributed by atoms with Gasteiger partial charge in [-0.1, -0.05) is 18.2 Å². The molecule has 1 amide bonds. The number of benzene rings is 2. The maximum Gasteiger partial charge on any atom is 0.337 e. The van der Waals surface area contributed by atoms with E-state index in [1.165, 1.54) is 32.2 Å². The van der Waals surface area contributed by atoms with Crippen LogP contribution in [0.3, 0.4) is 0 Å². The van der Waals surface area contributed by atoms with Gasteiger partial charge in [-0.2, -0.15) is 0 Å². The van der Waals surface area contributed by atoms with Crippen molar-refractivity contribution >= 4 is 39.4 Å². The van der Waals surface area contributed by atoms with Gasteiger partial charge in [-0.3, -0.25) is 14.5 Å². The minimum absolute atomic E-state index is 0.0316. The topological polar surface area (TPSA) is 140 Å². The number of ether oxygens (including phenoxy) is 2. The van der Waals surface area contributed by atoms with Gasteiger partial charge >= 0.3 is 11.9 Å². The lowest BCUT2D eigenvalue weighted by atomic mass is 10.2. The van der Waals surface area contributed by atoms with Crippen LogP contribution in [0.25, 0.3) is 0 Å². The van der Waals surface area contributed by atoms with E-state index >= 15 is 0 Å². The van der Waals surface area contributed by atoms with Crippen molar-refractivity contribution in [1.82, 2.24) is 4.72 Å². The number of amides is 1. The van der Waals surface area contributed by atoms with E-state index in [0.29, 0.717) is 11.3 Å². The first-order valence-corrected chi connectivity index (χ1v) is 10.5. The largest absolute Gasteiger partial charge is 0.465 e. The average Bonchev–Trinajstić information content (AvgIpc) is 3.01. The average molecular weight is 445 g/mol. The lowest BCUT2D eigenvalue weighted by molar-refractivity contribution is -0.148. The van der Waals surface area contributed by atoms with Crippen LogP contribution < -0.4 is 10.0 Å². The standard InChI is InChI=1S/C20H19N3O7S/c1-12(21-18-15-8-3-4-9-16(15)31(27,28)23-18)19(25)30-11-17(24)22-14-7-5-6-13(10-14)20(26)29-2/h3-10,12H,11H2,1-2H3,(H,21,23)(H,22,24)/t12-/m0/s1. The van der Waals surface area contributed by atoms with Crippen molar-refractivity contribution in [1.29, 1.82) is 0 Å². The maximum atomic E-state index is 12.2. The van der Waals surface area contributed by atoms with E-state index in [1.807, 2.05) is 0 Å². The molecular formula is C20H19N3O7S. The van der Waals surface area contributed by atoms with Gasteiger partial charge in [0.2, 0.25) is 0 Å². The van der Waals surface area contributed by atoms with Crippen molar-refractivity contribution in [2.75, 3.05) is 19.0 Å². The van der Waals surface area contributed by atoms with Crippen LogP contribution in [0.15, 0.2) is 58.4 Å². The number of nitrogens with zero attached hydrogens (tertiary/aromatic N) is 1. The molecule has 1 atom stereocenters. The first-order valence-electron chi connectivity index (χ1n) is 9.06. The first kappa shape index (κ1) is 22.0. The fourth-order valence-corrected chi connectivity index (χ4v) is 4.01. The van der Waals surface area contributed by atoms with Gasteiger partial charge in [-0.05, 0) is 37.3 Å². The van der Waals surface area contributed by atoms with E-state index in [2.05, 4.69) is 19.8 Å². The molecule has 0 unspecified atom stereocenters. The summed E-state index contributed by atoms with van der Waals surface area (Å²) in [6, 6.07) is 11.2. The van der Waals surface area contributed by atoms with E-state index in [1.54, 1.807) is 30.3 Å². The molecule has 2 N–H and O–H groups in total. The minimum Gasteiger partial charge on any atom is -0.465 e.